The van der Waals surface area contributed by atoms with E-state index in [-0.39, 0.29) is 12.0 Å². The third-order valence-electron chi connectivity index (χ3n) is 4.05. The van der Waals surface area contributed by atoms with Crippen molar-refractivity contribution < 1.29 is 9.47 Å². The summed E-state index contributed by atoms with van der Waals surface area (Å²) in [6.45, 7) is 3.93. The van der Waals surface area contributed by atoms with E-state index in [2.05, 4.69) is 14.9 Å². The van der Waals surface area contributed by atoms with Gasteiger partial charge in [0.25, 0.3) is 0 Å². The molecule has 0 saturated carbocycles. The lowest BCUT2D eigenvalue weighted by Gasteiger charge is -2.31. The summed E-state index contributed by atoms with van der Waals surface area (Å²) in [7, 11) is 1.64. The van der Waals surface area contributed by atoms with Crippen LogP contribution in [-0.2, 0) is 4.74 Å². The first-order valence-corrected chi connectivity index (χ1v) is 8.25. The molecule has 0 bridgehead atoms. The summed E-state index contributed by atoms with van der Waals surface area (Å²) in [5.41, 5.74) is 7.62. The zero-order chi connectivity index (χ0) is 17.1. The molecule has 1 saturated heterocycles. The number of aromatic nitrogens is 2. The minimum absolute atomic E-state index is 0.0659. The highest BCUT2D eigenvalue weighted by Crippen LogP contribution is 2.35. The van der Waals surface area contributed by atoms with Crippen molar-refractivity contribution in [2.24, 2.45) is 0 Å². The summed E-state index contributed by atoms with van der Waals surface area (Å²) in [5.74, 6) is 1.82. The van der Waals surface area contributed by atoms with Crippen molar-refractivity contribution in [3.63, 3.8) is 0 Å². The molecule has 1 atom stereocenters. The molecule has 1 aliphatic heterocycles. The van der Waals surface area contributed by atoms with Gasteiger partial charge in [-0.1, -0.05) is 11.6 Å². The number of benzene rings is 1. The highest BCUT2D eigenvalue weighted by Gasteiger charge is 2.27. The molecule has 24 heavy (non-hydrogen) atoms. The Labute approximate surface area is 146 Å². The number of nitrogens with zero attached hydrogens (tertiary/aromatic N) is 3. The number of nitrogen functional groups attached to an aromatic ring is 1. The van der Waals surface area contributed by atoms with Crippen LogP contribution in [-0.4, -0.2) is 36.8 Å². The number of ether oxygens (including phenoxy) is 2. The third kappa shape index (κ3) is 3.55. The van der Waals surface area contributed by atoms with Crippen LogP contribution in [0.3, 0.4) is 0 Å². The van der Waals surface area contributed by atoms with Crippen molar-refractivity contribution in [2.75, 3.05) is 37.5 Å². The molecule has 2 heterocycles. The molecular formula is C17H21ClN4O2. The largest absolute Gasteiger partial charge is 0.497 e. The number of hydrogen-bond acceptors (Lipinski definition) is 6. The number of methoxy groups -OCH3 is 1. The Bertz CT molecular complexity index is 705. The summed E-state index contributed by atoms with van der Waals surface area (Å²) < 4.78 is 11.1. The maximum atomic E-state index is 6.46. The summed E-state index contributed by atoms with van der Waals surface area (Å²) >= 11 is 6.46. The van der Waals surface area contributed by atoms with E-state index in [1.165, 1.54) is 0 Å². The van der Waals surface area contributed by atoms with Gasteiger partial charge < -0.3 is 20.1 Å². The number of aryl methyl sites for hydroxylation is 1. The van der Waals surface area contributed by atoms with Crippen molar-refractivity contribution in [2.45, 2.75) is 19.4 Å². The molecule has 128 valence electrons. The quantitative estimate of drug-likeness (QED) is 0.919. The number of nitrogens with two attached hydrogens (primary N) is 1. The molecule has 0 spiro atoms. The Morgan fingerprint density at radius 1 is 1.33 bits per heavy atom. The lowest BCUT2D eigenvalue weighted by molar-refractivity contribution is 0.134. The fourth-order valence-electron chi connectivity index (χ4n) is 2.94. The Hall–Kier alpha value is -2.05. The lowest BCUT2D eigenvalue weighted by Crippen LogP contribution is -2.32. The summed E-state index contributed by atoms with van der Waals surface area (Å²) in [4.78, 5) is 10.7. The van der Waals surface area contributed by atoms with E-state index in [4.69, 9.17) is 26.8 Å². The molecule has 0 amide bonds. The van der Waals surface area contributed by atoms with Gasteiger partial charge in [0, 0.05) is 29.9 Å². The number of anilines is 2. The zero-order valence-corrected chi connectivity index (χ0v) is 14.6. The van der Waals surface area contributed by atoms with Gasteiger partial charge in [0.2, 0.25) is 5.95 Å². The fourth-order valence-corrected chi connectivity index (χ4v) is 3.18. The molecule has 1 fully saturated rings. The molecule has 7 heteroatoms. The van der Waals surface area contributed by atoms with Crippen LogP contribution in [0.2, 0.25) is 5.02 Å². The Morgan fingerprint density at radius 2 is 2.17 bits per heavy atom. The smallest absolute Gasteiger partial charge is 0.222 e. The van der Waals surface area contributed by atoms with Crippen LogP contribution in [0.4, 0.5) is 11.8 Å². The van der Waals surface area contributed by atoms with E-state index in [0.29, 0.717) is 18.2 Å². The SMILES string of the molecule is COc1ccc(Cl)c(C2COCCCN2c2cc(C)nc(N)n2)c1. The molecule has 1 unspecified atom stereocenters. The first-order valence-electron chi connectivity index (χ1n) is 7.87. The molecule has 2 aromatic rings. The molecular weight excluding hydrogens is 328 g/mol. The van der Waals surface area contributed by atoms with Gasteiger partial charge in [0.1, 0.15) is 11.6 Å². The molecule has 0 aliphatic carbocycles. The van der Waals surface area contributed by atoms with E-state index in [1.807, 2.05) is 31.2 Å². The van der Waals surface area contributed by atoms with Crippen LogP contribution in [0.5, 0.6) is 5.75 Å². The molecule has 2 N–H and O–H groups in total. The van der Waals surface area contributed by atoms with Gasteiger partial charge in [0.05, 0.1) is 19.8 Å². The summed E-state index contributed by atoms with van der Waals surface area (Å²) in [6.07, 6.45) is 0.904. The van der Waals surface area contributed by atoms with Gasteiger partial charge in [-0.3, -0.25) is 0 Å². The topological polar surface area (TPSA) is 73.5 Å². The predicted molar refractivity (Wildman–Crippen MR) is 94.7 cm³/mol. The lowest BCUT2D eigenvalue weighted by atomic mass is 10.0. The van der Waals surface area contributed by atoms with E-state index < -0.39 is 0 Å². The Kier molecular flexibility index (Phi) is 5.06. The molecule has 0 radical (unpaired) electrons. The van der Waals surface area contributed by atoms with Crippen molar-refractivity contribution in [3.8, 4) is 5.75 Å². The normalized spacial score (nSPS) is 18.3. The molecule has 1 aliphatic rings. The highest BCUT2D eigenvalue weighted by atomic mass is 35.5. The van der Waals surface area contributed by atoms with Crippen LogP contribution in [0.1, 0.15) is 23.7 Å². The van der Waals surface area contributed by atoms with Crippen LogP contribution in [0.15, 0.2) is 24.3 Å². The van der Waals surface area contributed by atoms with E-state index in [0.717, 1.165) is 35.8 Å². The maximum Gasteiger partial charge on any atom is 0.222 e. The van der Waals surface area contributed by atoms with Crippen LogP contribution in [0, 0.1) is 6.92 Å². The predicted octanol–water partition coefficient (Wildman–Crippen LogP) is 3.00. The van der Waals surface area contributed by atoms with Crippen molar-refractivity contribution in [1.29, 1.82) is 0 Å². The highest BCUT2D eigenvalue weighted by molar-refractivity contribution is 6.31. The molecule has 1 aromatic carbocycles. The second kappa shape index (κ2) is 7.23. The first kappa shape index (κ1) is 16.8. The second-order valence-electron chi connectivity index (χ2n) is 5.75. The molecule has 1 aromatic heterocycles. The number of rotatable bonds is 3. The van der Waals surface area contributed by atoms with E-state index in [9.17, 15) is 0 Å². The first-order chi connectivity index (χ1) is 11.6. The monoisotopic (exact) mass is 348 g/mol. The van der Waals surface area contributed by atoms with Crippen molar-refractivity contribution in [1.82, 2.24) is 9.97 Å². The van der Waals surface area contributed by atoms with Gasteiger partial charge in [-0.2, -0.15) is 4.98 Å². The third-order valence-corrected chi connectivity index (χ3v) is 4.40. The number of halogens is 1. The van der Waals surface area contributed by atoms with Crippen LogP contribution in [0.25, 0.3) is 0 Å². The second-order valence-corrected chi connectivity index (χ2v) is 6.16. The zero-order valence-electron chi connectivity index (χ0n) is 13.8. The van der Waals surface area contributed by atoms with E-state index >= 15 is 0 Å². The minimum Gasteiger partial charge on any atom is -0.497 e. The standard InChI is InChI=1S/C17H21ClN4O2/c1-11-8-16(21-17(19)20-11)22-6-3-7-24-10-15(22)13-9-12(23-2)4-5-14(13)18/h4-5,8-9,15H,3,6-7,10H2,1-2H3,(H2,19,20,21). The number of hydrogen-bond donors (Lipinski definition) is 1. The van der Waals surface area contributed by atoms with Gasteiger partial charge in [-0.05, 0) is 37.1 Å². The summed E-state index contributed by atoms with van der Waals surface area (Å²) in [6, 6.07) is 7.51. The van der Waals surface area contributed by atoms with E-state index in [1.54, 1.807) is 7.11 Å². The van der Waals surface area contributed by atoms with Crippen LogP contribution < -0.4 is 15.4 Å². The Balaban J connectivity index is 2.05. The Morgan fingerprint density at radius 3 is 2.92 bits per heavy atom. The van der Waals surface area contributed by atoms with Crippen LogP contribution >= 0.6 is 11.6 Å². The maximum absolute atomic E-state index is 6.46. The van der Waals surface area contributed by atoms with Gasteiger partial charge in [-0.15, -0.1) is 0 Å². The van der Waals surface area contributed by atoms with Crippen molar-refractivity contribution >= 4 is 23.4 Å². The van der Waals surface area contributed by atoms with Crippen molar-refractivity contribution in [3.05, 3.63) is 40.5 Å². The van der Waals surface area contributed by atoms with Gasteiger partial charge in [-0.25, -0.2) is 4.98 Å². The van der Waals surface area contributed by atoms with Gasteiger partial charge in [0.15, 0.2) is 0 Å². The molecule has 3 rings (SSSR count). The fraction of sp³-hybridized carbons (Fsp3) is 0.412. The minimum atomic E-state index is -0.0659. The average Bonchev–Trinajstić information content (AvgIpc) is 2.80. The molecule has 6 nitrogen and oxygen atoms in total. The van der Waals surface area contributed by atoms with Gasteiger partial charge >= 0.3 is 0 Å². The average molecular weight is 349 g/mol. The summed E-state index contributed by atoms with van der Waals surface area (Å²) in [5, 5.41) is 0.676.